The number of carboxylic acid groups (broad SMARTS) is 1. The Morgan fingerprint density at radius 2 is 2.32 bits per heavy atom. The minimum atomic E-state index is -0.971. The molecule has 1 aliphatic carbocycles. The van der Waals surface area contributed by atoms with Crippen LogP contribution >= 0.6 is 0 Å². The van der Waals surface area contributed by atoms with Crippen LogP contribution in [0.15, 0.2) is 6.07 Å². The summed E-state index contributed by atoms with van der Waals surface area (Å²) in [6.45, 7) is 2.35. The summed E-state index contributed by atoms with van der Waals surface area (Å²) in [4.78, 5) is 15.6. The molecule has 0 bridgehead atoms. The van der Waals surface area contributed by atoms with E-state index < -0.39 is 16.8 Å². The van der Waals surface area contributed by atoms with Crippen molar-refractivity contribution in [1.29, 1.82) is 0 Å². The van der Waals surface area contributed by atoms with Crippen LogP contribution in [0, 0.1) is 0 Å². The number of fused-ring (bicyclic) bond motifs is 1. The van der Waals surface area contributed by atoms with Gasteiger partial charge in [-0.1, -0.05) is 6.92 Å². The van der Waals surface area contributed by atoms with Crippen molar-refractivity contribution in [1.82, 2.24) is 4.98 Å². The number of nitrogens with one attached hydrogen (secondary N) is 1. The second-order valence-electron chi connectivity index (χ2n) is 4.51. The van der Waals surface area contributed by atoms with E-state index in [0.717, 1.165) is 30.5 Å². The van der Waals surface area contributed by atoms with Gasteiger partial charge in [-0.2, -0.15) is 0 Å². The number of aryl methyl sites for hydroxylation is 2. The summed E-state index contributed by atoms with van der Waals surface area (Å²) >= 11 is 0. The Morgan fingerprint density at radius 1 is 1.53 bits per heavy atom. The first-order chi connectivity index (χ1) is 9.11. The lowest BCUT2D eigenvalue weighted by Crippen LogP contribution is -2.16. The van der Waals surface area contributed by atoms with Gasteiger partial charge in [0.25, 0.3) is 0 Å². The molecular weight excluding hydrogens is 264 g/mol. The molecule has 2 N–H and O–H groups in total. The van der Waals surface area contributed by atoms with Crippen LogP contribution in [0.5, 0.6) is 0 Å². The first-order valence-electron chi connectivity index (χ1n) is 6.46. The SMILES string of the molecule is CCS(=O)CCNc1nc2c(cc1C(=O)O)CCC2. The summed E-state index contributed by atoms with van der Waals surface area (Å²) in [5, 5.41) is 12.2. The molecule has 0 saturated heterocycles. The zero-order valence-electron chi connectivity index (χ0n) is 10.9. The molecule has 1 heterocycles. The molecule has 0 fully saturated rings. The van der Waals surface area contributed by atoms with Gasteiger partial charge in [0.1, 0.15) is 11.4 Å². The Hall–Kier alpha value is -1.43. The van der Waals surface area contributed by atoms with Crippen molar-refractivity contribution in [2.45, 2.75) is 26.2 Å². The van der Waals surface area contributed by atoms with Crippen LogP contribution in [0.2, 0.25) is 0 Å². The normalized spacial score (nSPS) is 15.0. The van der Waals surface area contributed by atoms with Crippen molar-refractivity contribution < 1.29 is 14.1 Å². The molecule has 6 heteroatoms. The van der Waals surface area contributed by atoms with Gasteiger partial charge < -0.3 is 10.4 Å². The van der Waals surface area contributed by atoms with E-state index in [4.69, 9.17) is 0 Å². The fourth-order valence-electron chi connectivity index (χ4n) is 2.20. The second kappa shape index (κ2) is 6.14. The van der Waals surface area contributed by atoms with E-state index in [1.165, 1.54) is 0 Å². The zero-order valence-corrected chi connectivity index (χ0v) is 11.8. The number of pyridine rings is 1. The highest BCUT2D eigenvalue weighted by atomic mass is 32.2. The second-order valence-corrected chi connectivity index (χ2v) is 6.37. The Bertz CT molecular complexity index is 517. The van der Waals surface area contributed by atoms with Crippen molar-refractivity contribution in [3.8, 4) is 0 Å². The van der Waals surface area contributed by atoms with Crippen molar-refractivity contribution in [2.75, 3.05) is 23.4 Å². The lowest BCUT2D eigenvalue weighted by atomic mass is 10.1. The molecular formula is C13H18N2O3S. The standard InChI is InChI=1S/C13H18N2O3S/c1-2-19(18)7-6-14-12-10(13(16)17)8-9-4-3-5-11(9)15-12/h8H,2-7H2,1H3,(H,14,15)(H,16,17). The van der Waals surface area contributed by atoms with Crippen LogP contribution in [0.1, 0.15) is 35.0 Å². The Morgan fingerprint density at radius 3 is 3.00 bits per heavy atom. The van der Waals surface area contributed by atoms with Crippen LogP contribution in [0.25, 0.3) is 0 Å². The average molecular weight is 282 g/mol. The van der Waals surface area contributed by atoms with E-state index in [9.17, 15) is 14.1 Å². The smallest absolute Gasteiger partial charge is 0.339 e. The summed E-state index contributed by atoms with van der Waals surface area (Å²) in [6, 6.07) is 1.72. The Kier molecular flexibility index (Phi) is 4.52. The number of aromatic carboxylic acids is 1. The summed E-state index contributed by atoms with van der Waals surface area (Å²) < 4.78 is 11.3. The van der Waals surface area contributed by atoms with Crippen LogP contribution in [0.4, 0.5) is 5.82 Å². The lowest BCUT2D eigenvalue weighted by Gasteiger charge is -2.10. The lowest BCUT2D eigenvalue weighted by molar-refractivity contribution is 0.0697. The Balaban J connectivity index is 2.14. The molecule has 1 aliphatic rings. The highest BCUT2D eigenvalue weighted by molar-refractivity contribution is 7.84. The molecule has 5 nitrogen and oxygen atoms in total. The number of aromatic nitrogens is 1. The molecule has 0 radical (unpaired) electrons. The topological polar surface area (TPSA) is 79.3 Å². The maximum atomic E-state index is 11.3. The van der Waals surface area contributed by atoms with Crippen LogP contribution < -0.4 is 5.32 Å². The molecule has 2 rings (SSSR count). The average Bonchev–Trinajstić information content (AvgIpc) is 2.84. The van der Waals surface area contributed by atoms with Gasteiger partial charge in [0.2, 0.25) is 0 Å². The molecule has 1 atom stereocenters. The number of nitrogens with zero attached hydrogens (tertiary/aromatic N) is 1. The van der Waals surface area contributed by atoms with Gasteiger partial charge in [0.15, 0.2) is 0 Å². The first-order valence-corrected chi connectivity index (χ1v) is 7.95. The third-order valence-electron chi connectivity index (χ3n) is 3.23. The van der Waals surface area contributed by atoms with Gasteiger partial charge in [-0.25, -0.2) is 9.78 Å². The molecule has 1 unspecified atom stereocenters. The number of anilines is 1. The van der Waals surface area contributed by atoms with Gasteiger partial charge in [-0.15, -0.1) is 0 Å². The third-order valence-corrected chi connectivity index (χ3v) is 4.53. The molecule has 0 spiro atoms. The summed E-state index contributed by atoms with van der Waals surface area (Å²) in [5.74, 6) is 0.557. The van der Waals surface area contributed by atoms with Gasteiger partial charge in [0, 0.05) is 34.5 Å². The molecule has 1 aromatic heterocycles. The molecule has 0 aromatic carbocycles. The summed E-state index contributed by atoms with van der Waals surface area (Å²) in [5.41, 5.74) is 2.24. The monoisotopic (exact) mass is 282 g/mol. The van der Waals surface area contributed by atoms with Crippen molar-refractivity contribution >= 4 is 22.6 Å². The Labute approximate surface area is 114 Å². The van der Waals surface area contributed by atoms with Crippen molar-refractivity contribution in [3.63, 3.8) is 0 Å². The highest BCUT2D eigenvalue weighted by Gasteiger charge is 2.19. The molecule has 104 valence electrons. The van der Waals surface area contributed by atoms with E-state index >= 15 is 0 Å². The van der Waals surface area contributed by atoms with Crippen LogP contribution in [-0.4, -0.2) is 38.3 Å². The van der Waals surface area contributed by atoms with E-state index in [0.29, 0.717) is 23.9 Å². The van der Waals surface area contributed by atoms with E-state index in [2.05, 4.69) is 10.3 Å². The van der Waals surface area contributed by atoms with Gasteiger partial charge in [-0.3, -0.25) is 4.21 Å². The van der Waals surface area contributed by atoms with Crippen molar-refractivity contribution in [3.05, 3.63) is 22.9 Å². The van der Waals surface area contributed by atoms with Gasteiger partial charge >= 0.3 is 5.97 Å². The molecule has 0 amide bonds. The summed E-state index contributed by atoms with van der Waals surface area (Å²) in [6.07, 6.45) is 2.85. The van der Waals surface area contributed by atoms with Crippen molar-refractivity contribution in [2.24, 2.45) is 0 Å². The van der Waals surface area contributed by atoms with E-state index in [1.807, 2.05) is 6.92 Å². The number of rotatable bonds is 6. The van der Waals surface area contributed by atoms with Gasteiger partial charge in [0.05, 0.1) is 0 Å². The maximum Gasteiger partial charge on any atom is 0.339 e. The predicted molar refractivity (Wildman–Crippen MR) is 75.3 cm³/mol. The fraction of sp³-hybridized carbons (Fsp3) is 0.538. The summed E-state index contributed by atoms with van der Waals surface area (Å²) in [7, 11) is -0.855. The van der Waals surface area contributed by atoms with Crippen LogP contribution in [-0.2, 0) is 23.6 Å². The first kappa shape index (κ1) is 14.0. The number of hydrogen-bond donors (Lipinski definition) is 2. The fourth-order valence-corrected chi connectivity index (χ4v) is 2.82. The minimum Gasteiger partial charge on any atom is -0.478 e. The highest BCUT2D eigenvalue weighted by Crippen LogP contribution is 2.25. The zero-order chi connectivity index (χ0) is 13.8. The van der Waals surface area contributed by atoms with E-state index in [-0.39, 0.29) is 5.56 Å². The largest absolute Gasteiger partial charge is 0.478 e. The van der Waals surface area contributed by atoms with E-state index in [1.54, 1.807) is 6.07 Å². The molecule has 1 aromatic rings. The molecule has 0 saturated carbocycles. The number of carboxylic acids is 1. The minimum absolute atomic E-state index is 0.211. The quantitative estimate of drug-likeness (QED) is 0.825. The van der Waals surface area contributed by atoms with Crippen LogP contribution in [0.3, 0.4) is 0 Å². The number of hydrogen-bond acceptors (Lipinski definition) is 4. The molecule has 19 heavy (non-hydrogen) atoms. The predicted octanol–water partition coefficient (Wildman–Crippen LogP) is 1.45. The van der Waals surface area contributed by atoms with Gasteiger partial charge in [-0.05, 0) is 30.9 Å². The maximum absolute atomic E-state index is 11.3. The third kappa shape index (κ3) is 3.32. The molecule has 0 aliphatic heterocycles. The number of carbonyl (C=O) groups is 1.